The van der Waals surface area contributed by atoms with Gasteiger partial charge in [-0.3, -0.25) is 0 Å². The first-order chi connectivity index (χ1) is 14.5. The smallest absolute Gasteiger partial charge is 0.417 e. The molecule has 4 rings (SSSR count). The molecule has 1 aromatic heterocycles. The number of piperidine rings is 1. The second-order valence-corrected chi connectivity index (χ2v) is 8.02. The minimum Gasteiger partial charge on any atom is -0.504 e. The maximum absolute atomic E-state index is 12.8. The summed E-state index contributed by atoms with van der Waals surface area (Å²) in [6.45, 7) is 1.00. The average molecular weight is 446 g/mol. The summed E-state index contributed by atoms with van der Waals surface area (Å²) in [4.78, 5) is 5.89. The molecule has 2 bridgehead atoms. The van der Waals surface area contributed by atoms with E-state index in [9.17, 15) is 31.4 Å². The second-order valence-electron chi connectivity index (χ2n) is 8.02. The normalized spacial score (nSPS) is 24.2. The molecule has 2 aliphatic rings. The van der Waals surface area contributed by atoms with Crippen molar-refractivity contribution in [2.45, 2.75) is 37.7 Å². The van der Waals surface area contributed by atoms with E-state index < -0.39 is 29.2 Å². The summed E-state index contributed by atoms with van der Waals surface area (Å²) in [7, 11) is 0. The standard InChI is InChI=1S/C21H20F6N2O2/c22-20(23,24)14-4-6-17(16(30)8-14)31-19-12-2-1-3-13(19)11-29(10-12)18-7-5-15(9-28-18)21(25,26)27/h4-9,12-13,19,30H,1-3,10-11H2/t12-,13+,19-. The third-order valence-electron chi connectivity index (χ3n) is 5.94. The quantitative estimate of drug-likeness (QED) is 0.632. The molecule has 168 valence electrons. The summed E-state index contributed by atoms with van der Waals surface area (Å²) in [5.74, 6) is -0.104. The fraction of sp³-hybridized carbons (Fsp3) is 0.476. The first-order valence-electron chi connectivity index (χ1n) is 9.87. The van der Waals surface area contributed by atoms with E-state index in [0.717, 1.165) is 43.7 Å². The number of hydrogen-bond donors (Lipinski definition) is 1. The Balaban J connectivity index is 1.49. The molecule has 0 spiro atoms. The lowest BCUT2D eigenvalue weighted by Gasteiger charge is -2.47. The minimum atomic E-state index is -4.56. The second kappa shape index (κ2) is 7.80. The molecule has 1 saturated carbocycles. The number of ether oxygens (including phenoxy) is 1. The topological polar surface area (TPSA) is 45.6 Å². The van der Waals surface area contributed by atoms with Crippen LogP contribution in [0.1, 0.15) is 30.4 Å². The first-order valence-corrected chi connectivity index (χ1v) is 9.87. The molecule has 2 fully saturated rings. The van der Waals surface area contributed by atoms with Gasteiger partial charge in [0.2, 0.25) is 0 Å². The molecule has 3 atom stereocenters. The maximum atomic E-state index is 12.8. The van der Waals surface area contributed by atoms with Crippen LogP contribution in [0.2, 0.25) is 0 Å². The van der Waals surface area contributed by atoms with Crippen LogP contribution < -0.4 is 9.64 Å². The van der Waals surface area contributed by atoms with Crippen molar-refractivity contribution in [3.63, 3.8) is 0 Å². The molecule has 10 heteroatoms. The van der Waals surface area contributed by atoms with Gasteiger partial charge in [0.15, 0.2) is 11.5 Å². The van der Waals surface area contributed by atoms with Crippen molar-refractivity contribution in [1.29, 1.82) is 0 Å². The SMILES string of the molecule is Oc1cc(C(F)(F)F)ccc1O[C@@H]1[C@@H]2CCC[C@H]1CN(c1ccc(C(F)(F)F)cn1)C2. The Morgan fingerprint density at radius 1 is 0.903 bits per heavy atom. The third-order valence-corrected chi connectivity index (χ3v) is 5.94. The number of aromatic nitrogens is 1. The van der Waals surface area contributed by atoms with E-state index in [2.05, 4.69) is 4.98 Å². The van der Waals surface area contributed by atoms with Crippen LogP contribution in [0.5, 0.6) is 11.5 Å². The maximum Gasteiger partial charge on any atom is 0.417 e. The molecule has 31 heavy (non-hydrogen) atoms. The summed E-state index contributed by atoms with van der Waals surface area (Å²) in [6.07, 6.45) is -5.93. The third kappa shape index (κ3) is 4.52. The lowest BCUT2D eigenvalue weighted by atomic mass is 9.75. The van der Waals surface area contributed by atoms with Gasteiger partial charge in [-0.15, -0.1) is 0 Å². The summed E-state index contributed by atoms with van der Waals surface area (Å²) >= 11 is 0. The largest absolute Gasteiger partial charge is 0.504 e. The van der Waals surface area contributed by atoms with Crippen LogP contribution in [0.25, 0.3) is 0 Å². The van der Waals surface area contributed by atoms with Crippen LogP contribution >= 0.6 is 0 Å². The van der Waals surface area contributed by atoms with Crippen LogP contribution in [0.4, 0.5) is 32.2 Å². The Morgan fingerprint density at radius 2 is 1.52 bits per heavy atom. The number of phenols is 1. The summed E-state index contributed by atoms with van der Waals surface area (Å²) in [5.41, 5.74) is -1.77. The Morgan fingerprint density at radius 3 is 2.03 bits per heavy atom. The summed E-state index contributed by atoms with van der Waals surface area (Å²) in [6, 6.07) is 4.98. The summed E-state index contributed by atoms with van der Waals surface area (Å²) < 4.78 is 82.7. The van der Waals surface area contributed by atoms with Crippen molar-refractivity contribution < 1.29 is 36.2 Å². The number of hydrogen-bond acceptors (Lipinski definition) is 4. The Labute approximate surface area is 174 Å². The van der Waals surface area contributed by atoms with Crippen molar-refractivity contribution in [3.05, 3.63) is 47.7 Å². The van der Waals surface area contributed by atoms with Crippen molar-refractivity contribution in [3.8, 4) is 11.5 Å². The highest BCUT2D eigenvalue weighted by atomic mass is 19.4. The number of phenolic OH excluding ortho intramolecular Hbond substituents is 1. The van der Waals surface area contributed by atoms with Crippen molar-refractivity contribution >= 4 is 5.82 Å². The molecule has 0 radical (unpaired) electrons. The van der Waals surface area contributed by atoms with Gasteiger partial charge in [0.1, 0.15) is 11.9 Å². The number of pyridine rings is 1. The fourth-order valence-electron chi connectivity index (χ4n) is 4.45. The van der Waals surface area contributed by atoms with E-state index in [4.69, 9.17) is 4.74 Å². The highest BCUT2D eigenvalue weighted by Gasteiger charge is 2.42. The van der Waals surface area contributed by atoms with Crippen LogP contribution in [0.3, 0.4) is 0 Å². The molecule has 1 aromatic carbocycles. The van der Waals surface area contributed by atoms with Crippen molar-refractivity contribution in [1.82, 2.24) is 4.98 Å². The highest BCUT2D eigenvalue weighted by molar-refractivity contribution is 5.44. The Hall–Kier alpha value is -2.65. The van der Waals surface area contributed by atoms with Gasteiger partial charge in [0.05, 0.1) is 11.1 Å². The minimum absolute atomic E-state index is 0.00370. The van der Waals surface area contributed by atoms with Gasteiger partial charge in [0.25, 0.3) is 0 Å². The van der Waals surface area contributed by atoms with Crippen molar-refractivity contribution in [2.75, 3.05) is 18.0 Å². The molecule has 0 amide bonds. The van der Waals surface area contributed by atoms with E-state index >= 15 is 0 Å². The van der Waals surface area contributed by atoms with Crippen LogP contribution in [0.15, 0.2) is 36.5 Å². The van der Waals surface area contributed by atoms with Crippen LogP contribution in [0, 0.1) is 11.8 Å². The summed E-state index contributed by atoms with van der Waals surface area (Å²) in [5, 5.41) is 10.0. The predicted molar refractivity (Wildman–Crippen MR) is 99.8 cm³/mol. The number of nitrogens with zero attached hydrogens (tertiary/aromatic N) is 2. The first kappa shape index (κ1) is 21.6. The van der Waals surface area contributed by atoms with E-state index in [-0.39, 0.29) is 23.7 Å². The van der Waals surface area contributed by atoms with Gasteiger partial charge in [-0.05, 0) is 43.2 Å². The molecule has 1 N–H and O–H groups in total. The average Bonchev–Trinajstić information content (AvgIpc) is 2.68. The van der Waals surface area contributed by atoms with Gasteiger partial charge < -0.3 is 14.7 Å². The van der Waals surface area contributed by atoms with E-state index in [1.165, 1.54) is 6.07 Å². The van der Waals surface area contributed by atoms with E-state index in [0.29, 0.717) is 25.0 Å². The molecule has 2 aromatic rings. The van der Waals surface area contributed by atoms with Crippen molar-refractivity contribution in [2.24, 2.45) is 11.8 Å². The Bertz CT molecular complexity index is 915. The number of rotatable bonds is 3. The number of alkyl halides is 6. The number of fused-ring (bicyclic) bond motifs is 2. The number of halogens is 6. The molecular formula is C21H20F6N2O2. The number of aromatic hydroxyl groups is 1. The Kier molecular flexibility index (Phi) is 5.43. The predicted octanol–water partition coefficient (Wildman–Crippen LogP) is 5.51. The van der Waals surface area contributed by atoms with Gasteiger partial charge in [-0.1, -0.05) is 6.42 Å². The zero-order valence-corrected chi connectivity index (χ0v) is 16.2. The van der Waals surface area contributed by atoms with Gasteiger partial charge in [-0.2, -0.15) is 26.3 Å². The fourth-order valence-corrected chi connectivity index (χ4v) is 4.45. The van der Waals surface area contributed by atoms with Gasteiger partial charge >= 0.3 is 12.4 Å². The zero-order valence-electron chi connectivity index (χ0n) is 16.2. The molecular weight excluding hydrogens is 426 g/mol. The van der Waals surface area contributed by atoms with Gasteiger partial charge in [-0.25, -0.2) is 4.98 Å². The number of anilines is 1. The molecule has 4 nitrogen and oxygen atoms in total. The number of benzene rings is 1. The lowest BCUT2D eigenvalue weighted by Crippen LogP contribution is -2.54. The van der Waals surface area contributed by atoms with E-state index in [1.807, 2.05) is 4.90 Å². The van der Waals surface area contributed by atoms with E-state index in [1.54, 1.807) is 0 Å². The molecule has 1 aliphatic carbocycles. The van der Waals surface area contributed by atoms with Crippen LogP contribution in [-0.2, 0) is 12.4 Å². The molecule has 2 heterocycles. The van der Waals surface area contributed by atoms with Gasteiger partial charge in [0, 0.05) is 31.1 Å². The molecule has 1 aliphatic heterocycles. The zero-order chi connectivity index (χ0) is 22.4. The highest BCUT2D eigenvalue weighted by Crippen LogP contribution is 2.42. The molecule has 0 unspecified atom stereocenters. The molecule has 1 saturated heterocycles. The monoisotopic (exact) mass is 446 g/mol. The van der Waals surface area contributed by atoms with Crippen LogP contribution in [-0.4, -0.2) is 29.3 Å². The lowest BCUT2D eigenvalue weighted by molar-refractivity contribution is -0.138.